The SMILES string of the molecule is Cc1cc(OCC(O)CON)ccc1Cl. The van der Waals surface area contributed by atoms with Crippen LogP contribution in [0.5, 0.6) is 5.75 Å². The zero-order valence-electron chi connectivity index (χ0n) is 8.44. The van der Waals surface area contributed by atoms with Crippen LogP contribution in [0.25, 0.3) is 0 Å². The molecule has 1 aromatic rings. The van der Waals surface area contributed by atoms with Crippen molar-refractivity contribution >= 4 is 11.6 Å². The zero-order valence-corrected chi connectivity index (χ0v) is 9.20. The maximum Gasteiger partial charge on any atom is 0.119 e. The Morgan fingerprint density at radius 3 is 2.80 bits per heavy atom. The first kappa shape index (κ1) is 12.3. The van der Waals surface area contributed by atoms with Crippen molar-refractivity contribution in [1.29, 1.82) is 0 Å². The largest absolute Gasteiger partial charge is 0.491 e. The molecule has 1 atom stereocenters. The van der Waals surface area contributed by atoms with E-state index in [4.69, 9.17) is 22.2 Å². The molecular weight excluding hydrogens is 218 g/mol. The summed E-state index contributed by atoms with van der Waals surface area (Å²) >= 11 is 5.85. The van der Waals surface area contributed by atoms with Gasteiger partial charge in [0.05, 0.1) is 6.61 Å². The van der Waals surface area contributed by atoms with Crippen LogP contribution in [0.2, 0.25) is 5.02 Å². The van der Waals surface area contributed by atoms with Gasteiger partial charge in [-0.15, -0.1) is 0 Å². The summed E-state index contributed by atoms with van der Waals surface area (Å²) < 4.78 is 5.31. The smallest absolute Gasteiger partial charge is 0.119 e. The molecule has 4 nitrogen and oxygen atoms in total. The maximum atomic E-state index is 9.28. The summed E-state index contributed by atoms with van der Waals surface area (Å²) in [5, 5.41) is 9.97. The number of hydrogen-bond donors (Lipinski definition) is 2. The number of halogens is 1. The number of rotatable bonds is 5. The highest BCUT2D eigenvalue weighted by Crippen LogP contribution is 2.20. The average Bonchev–Trinajstić information content (AvgIpc) is 2.20. The van der Waals surface area contributed by atoms with Gasteiger partial charge in [-0.05, 0) is 30.7 Å². The molecule has 0 bridgehead atoms. The summed E-state index contributed by atoms with van der Waals surface area (Å²) in [6.45, 7) is 2.07. The van der Waals surface area contributed by atoms with Gasteiger partial charge in [-0.3, -0.25) is 0 Å². The predicted molar refractivity (Wildman–Crippen MR) is 57.8 cm³/mol. The average molecular weight is 232 g/mol. The van der Waals surface area contributed by atoms with Gasteiger partial charge in [-0.1, -0.05) is 11.6 Å². The predicted octanol–water partition coefficient (Wildman–Crippen LogP) is 1.28. The van der Waals surface area contributed by atoms with Crippen LogP contribution in [-0.4, -0.2) is 24.4 Å². The first-order valence-corrected chi connectivity index (χ1v) is 4.90. The lowest BCUT2D eigenvalue weighted by molar-refractivity contribution is 0.0116. The first-order valence-electron chi connectivity index (χ1n) is 4.52. The molecule has 0 amide bonds. The molecule has 0 saturated heterocycles. The van der Waals surface area contributed by atoms with Gasteiger partial charge < -0.3 is 14.7 Å². The van der Waals surface area contributed by atoms with Crippen molar-refractivity contribution in [2.24, 2.45) is 5.90 Å². The van der Waals surface area contributed by atoms with Crippen LogP contribution in [0.3, 0.4) is 0 Å². The minimum Gasteiger partial charge on any atom is -0.491 e. The minimum absolute atomic E-state index is 0.0482. The quantitative estimate of drug-likeness (QED) is 0.750. The van der Waals surface area contributed by atoms with Crippen LogP contribution in [0.1, 0.15) is 5.56 Å². The van der Waals surface area contributed by atoms with Crippen molar-refractivity contribution in [3.05, 3.63) is 28.8 Å². The Hall–Kier alpha value is -0.810. The molecule has 0 spiro atoms. The summed E-state index contributed by atoms with van der Waals surface area (Å²) in [7, 11) is 0. The van der Waals surface area contributed by atoms with E-state index in [-0.39, 0.29) is 13.2 Å². The molecule has 0 aliphatic carbocycles. The Kier molecular flexibility index (Phi) is 4.84. The maximum absolute atomic E-state index is 9.28. The molecule has 1 rings (SSSR count). The molecule has 15 heavy (non-hydrogen) atoms. The zero-order chi connectivity index (χ0) is 11.3. The fourth-order valence-corrected chi connectivity index (χ4v) is 1.18. The third kappa shape index (κ3) is 4.05. The molecule has 5 heteroatoms. The second-order valence-corrected chi connectivity index (χ2v) is 3.62. The molecule has 0 heterocycles. The summed E-state index contributed by atoms with van der Waals surface area (Å²) in [5.74, 6) is 5.47. The van der Waals surface area contributed by atoms with E-state index in [9.17, 15) is 5.11 Å². The van der Waals surface area contributed by atoms with E-state index in [0.29, 0.717) is 10.8 Å². The Labute approximate surface area is 93.5 Å². The lowest BCUT2D eigenvalue weighted by atomic mass is 10.2. The van der Waals surface area contributed by atoms with Crippen LogP contribution < -0.4 is 10.6 Å². The first-order chi connectivity index (χ1) is 7.13. The lowest BCUT2D eigenvalue weighted by Crippen LogP contribution is -2.25. The Balaban J connectivity index is 2.47. The van der Waals surface area contributed by atoms with Gasteiger partial charge >= 0.3 is 0 Å². The molecule has 0 aromatic heterocycles. The molecule has 0 radical (unpaired) electrons. The Bertz CT molecular complexity index is 320. The number of aliphatic hydroxyl groups is 1. The summed E-state index contributed by atoms with van der Waals surface area (Å²) in [6.07, 6.45) is -0.731. The molecule has 3 N–H and O–H groups in total. The van der Waals surface area contributed by atoms with Crippen molar-refractivity contribution in [2.75, 3.05) is 13.2 Å². The highest BCUT2D eigenvalue weighted by atomic mass is 35.5. The van der Waals surface area contributed by atoms with Crippen molar-refractivity contribution in [2.45, 2.75) is 13.0 Å². The normalized spacial score (nSPS) is 12.5. The second-order valence-electron chi connectivity index (χ2n) is 3.21. The Morgan fingerprint density at radius 2 is 2.20 bits per heavy atom. The molecule has 84 valence electrons. The van der Waals surface area contributed by atoms with E-state index in [0.717, 1.165) is 5.56 Å². The van der Waals surface area contributed by atoms with E-state index >= 15 is 0 Å². The van der Waals surface area contributed by atoms with E-state index < -0.39 is 6.10 Å². The van der Waals surface area contributed by atoms with Crippen molar-refractivity contribution < 1.29 is 14.7 Å². The highest BCUT2D eigenvalue weighted by molar-refractivity contribution is 6.31. The molecule has 0 fully saturated rings. The van der Waals surface area contributed by atoms with Gasteiger partial charge in [0, 0.05) is 5.02 Å². The van der Waals surface area contributed by atoms with Crippen LogP contribution >= 0.6 is 11.6 Å². The van der Waals surface area contributed by atoms with Gasteiger partial charge in [0.25, 0.3) is 0 Å². The summed E-state index contributed by atoms with van der Waals surface area (Å²) in [4.78, 5) is 4.28. The second kappa shape index (κ2) is 5.92. The number of nitrogens with two attached hydrogens (primary N) is 1. The third-order valence-corrected chi connectivity index (χ3v) is 2.28. The standard InChI is InChI=1S/C10H14ClNO3/c1-7-4-9(2-3-10(7)11)14-5-8(13)6-15-12/h2-4,8,13H,5-6,12H2,1H3. The molecule has 1 unspecified atom stereocenters. The topological polar surface area (TPSA) is 64.7 Å². The van der Waals surface area contributed by atoms with E-state index in [1.807, 2.05) is 6.92 Å². The van der Waals surface area contributed by atoms with Crippen molar-refractivity contribution in [1.82, 2.24) is 0 Å². The molecule has 1 aromatic carbocycles. The van der Waals surface area contributed by atoms with Gasteiger partial charge in [-0.2, -0.15) is 0 Å². The number of aryl methyl sites for hydroxylation is 1. The van der Waals surface area contributed by atoms with Crippen LogP contribution in [0, 0.1) is 6.92 Å². The van der Waals surface area contributed by atoms with Crippen LogP contribution in [0.15, 0.2) is 18.2 Å². The fourth-order valence-electron chi connectivity index (χ4n) is 1.06. The van der Waals surface area contributed by atoms with Crippen LogP contribution in [-0.2, 0) is 4.84 Å². The summed E-state index contributed by atoms with van der Waals surface area (Å²) in [5.41, 5.74) is 0.929. The molecule has 0 saturated carbocycles. The minimum atomic E-state index is -0.731. The van der Waals surface area contributed by atoms with Gasteiger partial charge in [0.2, 0.25) is 0 Å². The van der Waals surface area contributed by atoms with E-state index in [1.165, 1.54) is 0 Å². The molecule has 0 aliphatic rings. The van der Waals surface area contributed by atoms with E-state index in [1.54, 1.807) is 18.2 Å². The van der Waals surface area contributed by atoms with Gasteiger partial charge in [-0.25, -0.2) is 5.90 Å². The summed E-state index contributed by atoms with van der Waals surface area (Å²) in [6, 6.07) is 5.29. The van der Waals surface area contributed by atoms with Crippen molar-refractivity contribution in [3.8, 4) is 5.75 Å². The lowest BCUT2D eigenvalue weighted by Gasteiger charge is -2.11. The monoisotopic (exact) mass is 231 g/mol. The number of ether oxygens (including phenoxy) is 1. The number of hydrogen-bond acceptors (Lipinski definition) is 4. The van der Waals surface area contributed by atoms with Gasteiger partial charge in [0.1, 0.15) is 18.5 Å². The number of benzene rings is 1. The third-order valence-electron chi connectivity index (χ3n) is 1.86. The van der Waals surface area contributed by atoms with Crippen molar-refractivity contribution in [3.63, 3.8) is 0 Å². The fraction of sp³-hybridized carbons (Fsp3) is 0.400. The number of aliphatic hydroxyl groups excluding tert-OH is 1. The molecule has 0 aliphatic heterocycles. The van der Waals surface area contributed by atoms with Crippen LogP contribution in [0.4, 0.5) is 0 Å². The van der Waals surface area contributed by atoms with E-state index in [2.05, 4.69) is 4.84 Å². The molecular formula is C10H14ClNO3. The Morgan fingerprint density at radius 1 is 1.47 bits per heavy atom. The van der Waals surface area contributed by atoms with Gasteiger partial charge in [0.15, 0.2) is 0 Å². The highest BCUT2D eigenvalue weighted by Gasteiger charge is 2.05.